The van der Waals surface area contributed by atoms with Crippen LogP contribution in [-0.2, 0) is 10.9 Å². The third-order valence-electron chi connectivity index (χ3n) is 0.581. The molecule has 2 N–H and O–H groups in total. The molecule has 0 amide bonds. The second-order valence-corrected chi connectivity index (χ2v) is 8.61. The van der Waals surface area contributed by atoms with E-state index in [9.17, 15) is 0 Å². The van der Waals surface area contributed by atoms with Crippen molar-refractivity contribution in [1.82, 2.24) is 0 Å². The Labute approximate surface area is 64.6 Å². The molecule has 0 radical (unpaired) electrons. The van der Waals surface area contributed by atoms with Crippen LogP contribution in [0.15, 0.2) is 0 Å². The van der Waals surface area contributed by atoms with E-state index in [-0.39, 0.29) is 0 Å². The maximum atomic E-state index is 8.76. The zero-order valence-corrected chi connectivity index (χ0v) is 8.09. The van der Waals surface area contributed by atoms with Gasteiger partial charge in [-0.25, -0.2) is 0 Å². The van der Waals surface area contributed by atoms with Crippen LogP contribution >= 0.6 is 17.9 Å². The third kappa shape index (κ3) is 8.92. The average molecular weight is 187 g/mol. The first-order valence-electron chi connectivity index (χ1n) is 2.63. The molecule has 0 heterocycles. The highest BCUT2D eigenvalue weighted by atomic mass is 32.9. The molecule has 0 saturated heterocycles. The average Bonchev–Trinajstić information content (AvgIpc) is 1.59. The molecule has 0 rings (SSSR count). The second-order valence-electron chi connectivity index (χ2n) is 2.20. The van der Waals surface area contributed by atoms with E-state index in [1.807, 2.05) is 13.8 Å². The lowest BCUT2D eigenvalue weighted by atomic mass is 10.3. The summed E-state index contributed by atoms with van der Waals surface area (Å²) in [6.45, 7) is 4.05. The Kier molecular flexibility index (Phi) is 4.34. The summed E-state index contributed by atoms with van der Waals surface area (Å²) in [7, 11) is 1.13. The van der Waals surface area contributed by atoms with Crippen LogP contribution in [0.25, 0.3) is 0 Å². The lowest BCUT2D eigenvalue weighted by Crippen LogP contribution is -1.92. The van der Waals surface area contributed by atoms with E-state index in [1.165, 1.54) is 0 Å². The summed E-state index contributed by atoms with van der Waals surface area (Å²) in [5.74, 6) is 1.24. The number of hydrogen-bond acceptors (Lipinski definition) is 0. The van der Waals surface area contributed by atoms with Crippen molar-refractivity contribution in [2.24, 2.45) is 5.92 Å². The van der Waals surface area contributed by atoms with E-state index in [1.54, 1.807) is 0 Å². The highest BCUT2D eigenvalue weighted by Gasteiger charge is 2.16. The smallest absolute Gasteiger partial charge is 0.304 e. The van der Waals surface area contributed by atoms with Gasteiger partial charge in [-0.15, -0.1) is 0 Å². The van der Waals surface area contributed by atoms with Crippen molar-refractivity contribution in [2.75, 3.05) is 5.75 Å². The maximum Gasteiger partial charge on any atom is 0.427 e. The molecule has 2 nitrogen and oxygen atoms in total. The van der Waals surface area contributed by atoms with Gasteiger partial charge in [0.1, 0.15) is 0 Å². The third-order valence-corrected chi connectivity index (χ3v) is 4.27. The molecule has 0 aromatic carbocycles. The van der Waals surface area contributed by atoms with E-state index in [0.717, 1.165) is 16.7 Å². The van der Waals surface area contributed by atoms with E-state index < -0.39 is 5.69 Å². The second kappa shape index (κ2) is 3.94. The van der Waals surface area contributed by atoms with Gasteiger partial charge in [0.2, 0.25) is 10.9 Å². The Hall–Kier alpha value is 0.920. The molecule has 0 aliphatic carbocycles. The van der Waals surface area contributed by atoms with Gasteiger partial charge < -0.3 is 9.79 Å². The van der Waals surface area contributed by atoms with Gasteiger partial charge in [0.25, 0.3) is 0 Å². The molecule has 5 heteroatoms. The van der Waals surface area contributed by atoms with E-state index in [2.05, 4.69) is 12.2 Å². The molecule has 0 aromatic rings. The van der Waals surface area contributed by atoms with E-state index >= 15 is 0 Å². The van der Waals surface area contributed by atoms with Crippen LogP contribution in [0.5, 0.6) is 0 Å². The number of rotatable bonds is 2. The molecule has 56 valence electrons. The largest absolute Gasteiger partial charge is 0.427 e. The van der Waals surface area contributed by atoms with Crippen molar-refractivity contribution in [3.8, 4) is 0 Å². The summed E-state index contributed by atoms with van der Waals surface area (Å²) in [6.07, 6.45) is 0. The summed E-state index contributed by atoms with van der Waals surface area (Å²) in [5.41, 5.74) is -2.86. The molecule has 0 fully saturated rings. The minimum absolute atomic E-state index is 0.487. The van der Waals surface area contributed by atoms with Gasteiger partial charge in [0, 0.05) is 5.92 Å². The fourth-order valence-electron chi connectivity index (χ4n) is 0.249. The van der Waals surface area contributed by atoms with Crippen LogP contribution in [0.2, 0.25) is 0 Å². The first-order chi connectivity index (χ1) is 3.92. The predicted molar refractivity (Wildman–Crippen MR) is 47.4 cm³/mol. The number of hydrogen-bond donors (Lipinski definition) is 3. The van der Waals surface area contributed by atoms with Crippen LogP contribution in [-0.4, -0.2) is 15.5 Å². The van der Waals surface area contributed by atoms with Crippen LogP contribution < -0.4 is 0 Å². The van der Waals surface area contributed by atoms with Crippen molar-refractivity contribution in [1.29, 1.82) is 0 Å². The summed E-state index contributed by atoms with van der Waals surface area (Å²) >= 11 is 3.61. The highest BCUT2D eigenvalue weighted by molar-refractivity contribution is 8.62. The summed E-state index contributed by atoms with van der Waals surface area (Å²) < 4.78 is 0. The molecule has 0 unspecified atom stereocenters. The van der Waals surface area contributed by atoms with E-state index in [4.69, 9.17) is 9.79 Å². The Morgan fingerprint density at radius 3 is 2.11 bits per heavy atom. The molecule has 9 heavy (non-hydrogen) atoms. The molecule has 0 bridgehead atoms. The predicted octanol–water partition coefficient (Wildman–Crippen LogP) is 1.32. The minimum atomic E-state index is -2.86. The lowest BCUT2D eigenvalue weighted by molar-refractivity contribution is 0.502. The van der Waals surface area contributed by atoms with Gasteiger partial charge >= 0.3 is 5.69 Å². The van der Waals surface area contributed by atoms with Gasteiger partial charge in [-0.05, 0) is 12.2 Å². The SMILES string of the molecule is CC(C)C[S+]=P(O)(O)S. The van der Waals surface area contributed by atoms with Crippen LogP contribution in [0.3, 0.4) is 0 Å². The standard InChI is InChI=1S/C4H12O2PS2/c1-4(2)3-9-7(5,6)8/h4-6,8H,3H2,1-2H3/q+1. The molecular formula is C4H12O2PS2+. The molecule has 0 atom stereocenters. The van der Waals surface area contributed by atoms with Crippen molar-refractivity contribution in [3.05, 3.63) is 0 Å². The molecule has 0 aliphatic heterocycles. The molecule has 0 aromatic heterocycles. The van der Waals surface area contributed by atoms with Crippen molar-refractivity contribution < 1.29 is 9.79 Å². The van der Waals surface area contributed by atoms with Crippen LogP contribution in [0.4, 0.5) is 0 Å². The summed E-state index contributed by atoms with van der Waals surface area (Å²) in [4.78, 5) is 17.5. The van der Waals surface area contributed by atoms with Gasteiger partial charge in [-0.1, -0.05) is 13.8 Å². The minimum Gasteiger partial charge on any atom is -0.304 e. The first-order valence-corrected chi connectivity index (χ1v) is 7.07. The lowest BCUT2D eigenvalue weighted by Gasteiger charge is -1.90. The van der Waals surface area contributed by atoms with Crippen molar-refractivity contribution in [2.45, 2.75) is 13.8 Å². The quantitative estimate of drug-likeness (QED) is 0.346. The molecule has 0 aliphatic rings. The normalized spacial score (nSPS) is 12.2. The molecular weight excluding hydrogens is 175 g/mol. The van der Waals surface area contributed by atoms with Gasteiger partial charge in [0.05, 0.1) is 0 Å². The molecule has 0 saturated carbocycles. The Bertz CT molecular complexity index is 120. The van der Waals surface area contributed by atoms with Crippen LogP contribution in [0, 0.1) is 5.92 Å². The fourth-order valence-corrected chi connectivity index (χ4v) is 2.84. The monoisotopic (exact) mass is 187 g/mol. The highest BCUT2D eigenvalue weighted by Crippen LogP contribution is 2.43. The zero-order valence-electron chi connectivity index (χ0n) is 5.48. The summed E-state index contributed by atoms with van der Waals surface area (Å²) in [6, 6.07) is 0. The zero-order chi connectivity index (χ0) is 7.49. The summed E-state index contributed by atoms with van der Waals surface area (Å²) in [5, 5.41) is 0. The topological polar surface area (TPSA) is 40.5 Å². The Balaban J connectivity index is 3.71. The van der Waals surface area contributed by atoms with Gasteiger partial charge in [-0.2, -0.15) is 0 Å². The van der Waals surface area contributed by atoms with Crippen molar-refractivity contribution >= 4 is 28.9 Å². The Morgan fingerprint density at radius 1 is 1.56 bits per heavy atom. The van der Waals surface area contributed by atoms with Crippen LogP contribution in [0.1, 0.15) is 13.8 Å². The number of thiol groups is 1. The maximum absolute atomic E-state index is 8.76. The van der Waals surface area contributed by atoms with Crippen molar-refractivity contribution in [3.63, 3.8) is 0 Å². The molecule has 0 spiro atoms. The fraction of sp³-hybridized carbons (Fsp3) is 1.00. The van der Waals surface area contributed by atoms with Gasteiger partial charge in [0.15, 0.2) is 5.75 Å². The van der Waals surface area contributed by atoms with E-state index in [0.29, 0.717) is 5.92 Å². The first kappa shape index (κ1) is 9.92. The van der Waals surface area contributed by atoms with Gasteiger partial charge in [-0.3, -0.25) is 0 Å². The Morgan fingerprint density at radius 2 is 2.00 bits per heavy atom.